The maximum Gasteiger partial charge on any atom is 0.276 e. The molecule has 6 nitrogen and oxygen atoms in total. The summed E-state index contributed by atoms with van der Waals surface area (Å²) < 4.78 is 42.6. The van der Waals surface area contributed by atoms with E-state index in [1.54, 1.807) is 18.2 Å². The number of aryl methyl sites for hydroxylation is 1. The number of hydrogen-bond donors (Lipinski definition) is 0. The SMILES string of the molecule is Cc1ccc(-c2cc(C(=O)N(Cc3ccc(F)cc3)[C@@H]3CCS(=O)(=O)C3)no2)cc1. The predicted octanol–water partition coefficient (Wildman–Crippen LogP) is 3.62. The van der Waals surface area contributed by atoms with Gasteiger partial charge < -0.3 is 9.42 Å². The summed E-state index contributed by atoms with van der Waals surface area (Å²) in [4.78, 5) is 14.7. The van der Waals surface area contributed by atoms with Crippen LogP contribution in [0.3, 0.4) is 0 Å². The molecule has 1 aliphatic rings. The van der Waals surface area contributed by atoms with E-state index in [2.05, 4.69) is 5.16 Å². The van der Waals surface area contributed by atoms with Gasteiger partial charge in [0.05, 0.1) is 11.5 Å². The van der Waals surface area contributed by atoms with Gasteiger partial charge in [0.15, 0.2) is 21.3 Å². The van der Waals surface area contributed by atoms with E-state index >= 15 is 0 Å². The van der Waals surface area contributed by atoms with E-state index in [-0.39, 0.29) is 29.6 Å². The van der Waals surface area contributed by atoms with Gasteiger partial charge in [-0.25, -0.2) is 12.8 Å². The second-order valence-corrected chi connectivity index (χ2v) is 9.79. The molecule has 0 aliphatic carbocycles. The summed E-state index contributed by atoms with van der Waals surface area (Å²) in [6.07, 6.45) is 0.359. The lowest BCUT2D eigenvalue weighted by Gasteiger charge is -2.27. The van der Waals surface area contributed by atoms with Crippen molar-refractivity contribution in [3.63, 3.8) is 0 Å². The van der Waals surface area contributed by atoms with Crippen molar-refractivity contribution in [1.29, 1.82) is 0 Å². The van der Waals surface area contributed by atoms with Crippen LogP contribution in [0.25, 0.3) is 11.3 Å². The molecule has 156 valence electrons. The van der Waals surface area contributed by atoms with Gasteiger partial charge in [0.25, 0.3) is 5.91 Å². The summed E-state index contributed by atoms with van der Waals surface area (Å²) >= 11 is 0. The lowest BCUT2D eigenvalue weighted by molar-refractivity contribution is 0.0670. The minimum atomic E-state index is -3.19. The third-order valence-electron chi connectivity index (χ3n) is 5.24. The number of sulfone groups is 1. The average Bonchev–Trinajstić information content (AvgIpc) is 3.34. The molecular formula is C22H21FN2O4S. The topological polar surface area (TPSA) is 80.5 Å². The third-order valence-corrected chi connectivity index (χ3v) is 6.99. The van der Waals surface area contributed by atoms with Gasteiger partial charge in [0, 0.05) is 24.2 Å². The Bertz CT molecular complexity index is 1150. The maximum absolute atomic E-state index is 13.3. The normalized spacial score (nSPS) is 17.7. The van der Waals surface area contributed by atoms with E-state index in [9.17, 15) is 17.6 Å². The summed E-state index contributed by atoms with van der Waals surface area (Å²) in [5.74, 6) is -0.386. The molecule has 0 spiro atoms. The van der Waals surface area contributed by atoms with E-state index in [0.717, 1.165) is 11.1 Å². The Balaban J connectivity index is 1.62. The van der Waals surface area contributed by atoms with Crippen molar-refractivity contribution < 1.29 is 22.1 Å². The van der Waals surface area contributed by atoms with Gasteiger partial charge in [0.1, 0.15) is 5.82 Å². The molecule has 4 rings (SSSR count). The lowest BCUT2D eigenvalue weighted by Crippen LogP contribution is -2.40. The molecule has 1 atom stereocenters. The summed E-state index contributed by atoms with van der Waals surface area (Å²) in [5, 5.41) is 3.92. The Morgan fingerprint density at radius 2 is 1.87 bits per heavy atom. The first-order valence-corrected chi connectivity index (χ1v) is 11.4. The molecular weight excluding hydrogens is 407 g/mol. The molecule has 0 radical (unpaired) electrons. The smallest absolute Gasteiger partial charge is 0.276 e. The molecule has 1 fully saturated rings. The summed E-state index contributed by atoms with van der Waals surface area (Å²) in [5.41, 5.74) is 2.71. The first kappa shape index (κ1) is 20.3. The van der Waals surface area contributed by atoms with Gasteiger partial charge in [-0.2, -0.15) is 0 Å². The van der Waals surface area contributed by atoms with Crippen molar-refractivity contribution in [2.75, 3.05) is 11.5 Å². The largest absolute Gasteiger partial charge is 0.355 e. The van der Waals surface area contributed by atoms with Gasteiger partial charge >= 0.3 is 0 Å². The van der Waals surface area contributed by atoms with Crippen LogP contribution in [0.4, 0.5) is 4.39 Å². The molecule has 1 saturated heterocycles. The van der Waals surface area contributed by atoms with Crippen LogP contribution < -0.4 is 0 Å². The Morgan fingerprint density at radius 1 is 1.17 bits per heavy atom. The van der Waals surface area contributed by atoms with Crippen LogP contribution in [0.1, 0.15) is 28.0 Å². The van der Waals surface area contributed by atoms with Crippen molar-refractivity contribution in [3.05, 3.63) is 77.2 Å². The van der Waals surface area contributed by atoms with Gasteiger partial charge in [-0.15, -0.1) is 0 Å². The highest BCUT2D eigenvalue weighted by Crippen LogP contribution is 2.25. The summed E-state index contributed by atoms with van der Waals surface area (Å²) in [6, 6.07) is 14.5. The van der Waals surface area contributed by atoms with Crippen LogP contribution in [0.2, 0.25) is 0 Å². The third kappa shape index (κ3) is 4.43. The lowest BCUT2D eigenvalue weighted by atomic mass is 10.1. The zero-order valence-corrected chi connectivity index (χ0v) is 17.2. The molecule has 0 bridgehead atoms. The standard InChI is InChI=1S/C22H21FN2O4S/c1-15-2-6-17(7-3-15)21-12-20(24-29-21)22(26)25(19-10-11-30(27,28)14-19)13-16-4-8-18(23)9-5-16/h2-9,12,19H,10-11,13-14H2,1H3/t19-/m1/s1. The maximum atomic E-state index is 13.3. The molecule has 0 saturated carbocycles. The van der Waals surface area contributed by atoms with Crippen LogP contribution in [0, 0.1) is 12.7 Å². The van der Waals surface area contributed by atoms with E-state index < -0.39 is 21.8 Å². The van der Waals surface area contributed by atoms with Gasteiger partial charge in [-0.3, -0.25) is 4.79 Å². The van der Waals surface area contributed by atoms with E-state index in [1.165, 1.54) is 17.0 Å². The molecule has 0 unspecified atom stereocenters. The number of aromatic nitrogens is 1. The minimum absolute atomic E-state index is 0.0400. The Hall–Kier alpha value is -3.00. The van der Waals surface area contributed by atoms with E-state index in [4.69, 9.17) is 4.52 Å². The fraction of sp³-hybridized carbons (Fsp3) is 0.273. The molecule has 8 heteroatoms. The molecule has 0 N–H and O–H groups in total. The molecule has 1 aromatic heterocycles. The first-order valence-electron chi connectivity index (χ1n) is 9.60. The van der Waals surface area contributed by atoms with E-state index in [1.807, 2.05) is 31.2 Å². The van der Waals surface area contributed by atoms with Crippen LogP contribution in [0.15, 0.2) is 59.1 Å². The first-order chi connectivity index (χ1) is 14.3. The van der Waals surface area contributed by atoms with Crippen LogP contribution >= 0.6 is 0 Å². The molecule has 2 aromatic carbocycles. The number of benzene rings is 2. The molecule has 2 heterocycles. The number of amides is 1. The van der Waals surface area contributed by atoms with Gasteiger partial charge in [-0.1, -0.05) is 47.1 Å². The predicted molar refractivity (Wildman–Crippen MR) is 110 cm³/mol. The number of carbonyl (C=O) groups excluding carboxylic acids is 1. The van der Waals surface area contributed by atoms with Crippen molar-refractivity contribution >= 4 is 15.7 Å². The highest BCUT2D eigenvalue weighted by atomic mass is 32.2. The number of halogens is 1. The highest BCUT2D eigenvalue weighted by Gasteiger charge is 2.36. The van der Waals surface area contributed by atoms with E-state index in [0.29, 0.717) is 17.7 Å². The van der Waals surface area contributed by atoms with Gasteiger partial charge in [0.2, 0.25) is 0 Å². The summed E-state index contributed by atoms with van der Waals surface area (Å²) in [7, 11) is -3.19. The molecule has 30 heavy (non-hydrogen) atoms. The van der Waals surface area contributed by atoms with Crippen molar-refractivity contribution in [1.82, 2.24) is 10.1 Å². The minimum Gasteiger partial charge on any atom is -0.355 e. The van der Waals surface area contributed by atoms with Crippen molar-refractivity contribution in [3.8, 4) is 11.3 Å². The quantitative estimate of drug-likeness (QED) is 0.620. The zero-order chi connectivity index (χ0) is 21.3. The number of hydrogen-bond acceptors (Lipinski definition) is 5. The number of nitrogens with zero attached hydrogens (tertiary/aromatic N) is 2. The van der Waals surface area contributed by atoms with Crippen molar-refractivity contribution in [2.24, 2.45) is 0 Å². The van der Waals surface area contributed by atoms with Crippen molar-refractivity contribution in [2.45, 2.75) is 25.9 Å². The Morgan fingerprint density at radius 3 is 2.50 bits per heavy atom. The highest BCUT2D eigenvalue weighted by molar-refractivity contribution is 7.91. The Kier molecular flexibility index (Phi) is 5.42. The number of carbonyl (C=O) groups is 1. The fourth-order valence-corrected chi connectivity index (χ4v) is 5.28. The molecule has 1 aliphatic heterocycles. The molecule has 3 aromatic rings. The number of rotatable bonds is 5. The zero-order valence-electron chi connectivity index (χ0n) is 16.4. The van der Waals surface area contributed by atoms with Crippen LogP contribution in [-0.4, -0.2) is 41.9 Å². The molecule has 1 amide bonds. The fourth-order valence-electron chi connectivity index (χ4n) is 3.55. The monoisotopic (exact) mass is 428 g/mol. The average molecular weight is 428 g/mol. The summed E-state index contributed by atoms with van der Waals surface area (Å²) in [6.45, 7) is 2.13. The Labute approximate surface area is 174 Å². The second kappa shape index (κ2) is 8.02. The van der Waals surface area contributed by atoms with Gasteiger partial charge in [-0.05, 0) is 31.0 Å². The van der Waals surface area contributed by atoms with Crippen LogP contribution in [-0.2, 0) is 16.4 Å². The van der Waals surface area contributed by atoms with Crippen LogP contribution in [0.5, 0.6) is 0 Å². The second-order valence-electron chi connectivity index (χ2n) is 7.56.